The van der Waals surface area contributed by atoms with Crippen LogP contribution in [-0.2, 0) is 0 Å². The molecule has 104 valence electrons. The molecule has 0 atom stereocenters. The van der Waals surface area contributed by atoms with Gasteiger partial charge in [0.25, 0.3) is 0 Å². The van der Waals surface area contributed by atoms with Crippen LogP contribution in [0, 0.1) is 6.92 Å². The van der Waals surface area contributed by atoms with E-state index in [-0.39, 0.29) is 0 Å². The molecule has 3 aromatic rings. The first-order valence-electron chi connectivity index (χ1n) is 7.52. The van der Waals surface area contributed by atoms with Gasteiger partial charge in [-0.25, -0.2) is 0 Å². The van der Waals surface area contributed by atoms with Crippen molar-refractivity contribution >= 4 is 27.5 Å². The molecule has 0 spiro atoms. The lowest BCUT2D eigenvalue weighted by atomic mass is 9.93. The summed E-state index contributed by atoms with van der Waals surface area (Å²) in [6.45, 7) is 4.29. The summed E-state index contributed by atoms with van der Waals surface area (Å²) in [5.74, 6) is 0. The molecule has 2 aromatic carbocycles. The highest BCUT2D eigenvalue weighted by Gasteiger charge is 2.14. The third kappa shape index (κ3) is 2.01. The molecule has 0 N–H and O–H groups in total. The molecular weight excluding hydrogens is 256 g/mol. The lowest BCUT2D eigenvalue weighted by molar-refractivity contribution is 0.667. The molecule has 0 aliphatic heterocycles. The maximum Gasteiger partial charge on any atom is 0.142 e. The average Bonchev–Trinajstić information content (AvgIpc) is 2.85. The highest BCUT2D eigenvalue weighted by atomic mass is 16.3. The first-order chi connectivity index (χ1) is 10.2. The molecule has 21 heavy (non-hydrogen) atoms. The number of hydrogen-bond acceptors (Lipinski definition) is 1. The molecule has 4 rings (SSSR count). The Bertz CT molecular complexity index is 906. The molecule has 1 heteroatoms. The minimum absolute atomic E-state index is 0.978. The summed E-state index contributed by atoms with van der Waals surface area (Å²) in [4.78, 5) is 0. The van der Waals surface area contributed by atoms with Gasteiger partial charge in [0.1, 0.15) is 11.2 Å². The quantitative estimate of drug-likeness (QED) is 0.529. The molecule has 0 amide bonds. The summed E-state index contributed by atoms with van der Waals surface area (Å²) in [6, 6.07) is 12.9. The monoisotopic (exact) mass is 274 g/mol. The van der Waals surface area contributed by atoms with Crippen molar-refractivity contribution in [1.29, 1.82) is 0 Å². The topological polar surface area (TPSA) is 13.1 Å². The molecule has 0 unspecified atom stereocenters. The number of benzene rings is 2. The van der Waals surface area contributed by atoms with Crippen LogP contribution in [0.15, 0.2) is 58.5 Å². The van der Waals surface area contributed by atoms with Gasteiger partial charge in [0.05, 0.1) is 0 Å². The fraction of sp³-hybridized carbons (Fsp3) is 0.200. The highest BCUT2D eigenvalue weighted by Crippen LogP contribution is 2.36. The maximum atomic E-state index is 6.17. The second-order valence-electron chi connectivity index (χ2n) is 5.94. The van der Waals surface area contributed by atoms with Crippen molar-refractivity contribution in [3.8, 4) is 0 Å². The Morgan fingerprint density at radius 1 is 1.00 bits per heavy atom. The predicted octanol–water partition coefficient (Wildman–Crippen LogP) is 6.02. The van der Waals surface area contributed by atoms with E-state index in [4.69, 9.17) is 4.42 Å². The second-order valence-corrected chi connectivity index (χ2v) is 5.94. The largest absolute Gasteiger partial charge is 0.455 e. The lowest BCUT2D eigenvalue weighted by Gasteiger charge is -2.12. The summed E-state index contributed by atoms with van der Waals surface area (Å²) in [5, 5.41) is 2.44. The Balaban J connectivity index is 2.03. The molecule has 0 bridgehead atoms. The van der Waals surface area contributed by atoms with E-state index in [0.717, 1.165) is 24.0 Å². The smallest absolute Gasteiger partial charge is 0.142 e. The Hall–Kier alpha value is -2.28. The van der Waals surface area contributed by atoms with Gasteiger partial charge >= 0.3 is 0 Å². The van der Waals surface area contributed by atoms with Gasteiger partial charge in [-0.1, -0.05) is 47.6 Å². The minimum Gasteiger partial charge on any atom is -0.455 e. The summed E-state index contributed by atoms with van der Waals surface area (Å²) < 4.78 is 6.17. The van der Waals surface area contributed by atoms with Gasteiger partial charge in [-0.05, 0) is 44.4 Å². The number of furan rings is 1. The molecule has 1 aliphatic rings. The molecule has 1 aromatic heterocycles. The molecule has 0 saturated heterocycles. The van der Waals surface area contributed by atoms with Crippen LogP contribution in [0.1, 0.15) is 30.9 Å². The van der Waals surface area contributed by atoms with E-state index >= 15 is 0 Å². The van der Waals surface area contributed by atoms with Gasteiger partial charge in [0.2, 0.25) is 0 Å². The second kappa shape index (κ2) is 4.63. The van der Waals surface area contributed by atoms with E-state index in [0.29, 0.717) is 0 Å². The predicted molar refractivity (Wildman–Crippen MR) is 89.4 cm³/mol. The van der Waals surface area contributed by atoms with Crippen molar-refractivity contribution < 1.29 is 4.42 Å². The van der Waals surface area contributed by atoms with Crippen molar-refractivity contribution in [2.24, 2.45) is 0 Å². The van der Waals surface area contributed by atoms with E-state index in [1.165, 1.54) is 33.0 Å². The Morgan fingerprint density at radius 3 is 2.76 bits per heavy atom. The third-order valence-electron chi connectivity index (χ3n) is 4.28. The summed E-state index contributed by atoms with van der Waals surface area (Å²) in [6.07, 6.45) is 6.79. The summed E-state index contributed by atoms with van der Waals surface area (Å²) >= 11 is 0. The van der Waals surface area contributed by atoms with Crippen LogP contribution in [0.2, 0.25) is 0 Å². The fourth-order valence-electron chi connectivity index (χ4n) is 3.24. The zero-order valence-corrected chi connectivity index (χ0v) is 12.4. The SMILES string of the molecule is CC1=CCCC(c2cccc3c2oc2ccc(C)cc23)=C1. The van der Waals surface area contributed by atoms with Crippen molar-refractivity contribution in [3.05, 3.63) is 65.3 Å². The lowest BCUT2D eigenvalue weighted by Crippen LogP contribution is -1.91. The number of aryl methyl sites for hydroxylation is 1. The zero-order valence-electron chi connectivity index (χ0n) is 12.4. The number of fused-ring (bicyclic) bond motifs is 3. The van der Waals surface area contributed by atoms with Crippen LogP contribution in [0.3, 0.4) is 0 Å². The van der Waals surface area contributed by atoms with Crippen LogP contribution in [0.4, 0.5) is 0 Å². The van der Waals surface area contributed by atoms with E-state index in [1.54, 1.807) is 0 Å². The Labute approximate surface area is 124 Å². The van der Waals surface area contributed by atoms with Crippen molar-refractivity contribution in [2.45, 2.75) is 26.7 Å². The van der Waals surface area contributed by atoms with Gasteiger partial charge in [0.15, 0.2) is 0 Å². The maximum absolute atomic E-state index is 6.17. The number of rotatable bonds is 1. The van der Waals surface area contributed by atoms with Crippen LogP contribution in [-0.4, -0.2) is 0 Å². The normalized spacial score (nSPS) is 15.3. The van der Waals surface area contributed by atoms with E-state index in [9.17, 15) is 0 Å². The van der Waals surface area contributed by atoms with E-state index in [1.807, 2.05) is 0 Å². The molecule has 1 nitrogen and oxygen atoms in total. The number of hydrogen-bond donors (Lipinski definition) is 0. The van der Waals surface area contributed by atoms with E-state index < -0.39 is 0 Å². The number of para-hydroxylation sites is 1. The van der Waals surface area contributed by atoms with Gasteiger partial charge < -0.3 is 4.42 Å². The Kier molecular flexibility index (Phi) is 2.75. The molecule has 0 radical (unpaired) electrons. The first-order valence-corrected chi connectivity index (χ1v) is 7.52. The molecule has 1 aliphatic carbocycles. The minimum atomic E-state index is 0.978. The highest BCUT2D eigenvalue weighted by molar-refractivity contribution is 6.08. The standard InChI is InChI=1S/C20H18O/c1-13-5-3-6-15(11-13)16-7-4-8-17-18-12-14(2)9-10-19(18)21-20(16)17/h4-5,7-12H,3,6H2,1-2H3. The van der Waals surface area contributed by atoms with Crippen LogP contribution >= 0.6 is 0 Å². The van der Waals surface area contributed by atoms with Crippen LogP contribution in [0.25, 0.3) is 27.5 Å². The molecule has 1 heterocycles. The van der Waals surface area contributed by atoms with Gasteiger partial charge in [0, 0.05) is 16.3 Å². The van der Waals surface area contributed by atoms with E-state index in [2.05, 4.69) is 62.4 Å². The average molecular weight is 274 g/mol. The third-order valence-corrected chi connectivity index (χ3v) is 4.28. The van der Waals surface area contributed by atoms with Crippen LogP contribution in [0.5, 0.6) is 0 Å². The molecular formula is C20H18O. The van der Waals surface area contributed by atoms with Crippen molar-refractivity contribution in [2.75, 3.05) is 0 Å². The first kappa shape index (κ1) is 12.5. The summed E-state index contributed by atoms with van der Waals surface area (Å²) in [7, 11) is 0. The van der Waals surface area contributed by atoms with Crippen LogP contribution < -0.4 is 0 Å². The molecule has 0 fully saturated rings. The van der Waals surface area contributed by atoms with Crippen molar-refractivity contribution in [3.63, 3.8) is 0 Å². The van der Waals surface area contributed by atoms with Gasteiger partial charge in [-0.2, -0.15) is 0 Å². The van der Waals surface area contributed by atoms with Crippen molar-refractivity contribution in [1.82, 2.24) is 0 Å². The fourth-order valence-corrected chi connectivity index (χ4v) is 3.24. The summed E-state index contributed by atoms with van der Waals surface area (Å²) in [5.41, 5.74) is 7.25. The molecule has 0 saturated carbocycles. The Morgan fingerprint density at radius 2 is 1.90 bits per heavy atom. The van der Waals surface area contributed by atoms with Gasteiger partial charge in [-0.3, -0.25) is 0 Å². The zero-order chi connectivity index (χ0) is 14.4. The van der Waals surface area contributed by atoms with Gasteiger partial charge in [-0.15, -0.1) is 0 Å². The number of allylic oxidation sites excluding steroid dienone is 4.